The van der Waals surface area contributed by atoms with Gasteiger partial charge in [0.05, 0.1) is 7.11 Å². The quantitative estimate of drug-likeness (QED) is 0.166. The summed E-state index contributed by atoms with van der Waals surface area (Å²) in [4.78, 5) is 10.5. The van der Waals surface area contributed by atoms with Crippen LogP contribution in [0.4, 0.5) is 110 Å². The van der Waals surface area contributed by atoms with Crippen molar-refractivity contribution in [1.82, 2.24) is 0 Å². The van der Waals surface area contributed by atoms with Crippen molar-refractivity contribution in [3.8, 4) is 0 Å². The van der Waals surface area contributed by atoms with Gasteiger partial charge in [-0.25, -0.2) is 4.79 Å². The van der Waals surface area contributed by atoms with Crippen molar-refractivity contribution in [3.05, 3.63) is 0 Å². The Hall–Kier alpha value is -2.28. The van der Waals surface area contributed by atoms with E-state index >= 15 is 0 Å². The Bertz CT molecular complexity index is 987. The highest BCUT2D eigenvalue weighted by Gasteiger charge is 2.99. The second-order valence-corrected chi connectivity index (χ2v) is 7.31. The lowest BCUT2D eigenvalue weighted by molar-refractivity contribution is -0.481. The van der Waals surface area contributed by atoms with Crippen LogP contribution in [0.25, 0.3) is 0 Å². The Morgan fingerprint density at radius 1 is 0.341 bits per heavy atom. The van der Waals surface area contributed by atoms with E-state index in [0.717, 1.165) is 0 Å². The zero-order valence-corrected chi connectivity index (χ0v) is 17.8. The highest BCUT2D eigenvalue weighted by molar-refractivity contribution is 5.79. The lowest BCUT2D eigenvalue weighted by Gasteiger charge is -2.45. The van der Waals surface area contributed by atoms with Gasteiger partial charge in [0.25, 0.3) is 0 Å². The molecule has 0 aromatic heterocycles. The van der Waals surface area contributed by atoms with Crippen molar-refractivity contribution in [1.29, 1.82) is 0 Å². The van der Waals surface area contributed by atoms with Crippen LogP contribution in [0.2, 0.25) is 0 Å². The fourth-order valence-electron chi connectivity index (χ4n) is 2.21. The van der Waals surface area contributed by atoms with Crippen LogP contribution in [-0.2, 0) is 9.53 Å². The Balaban J connectivity index is 7.38. The molecule has 0 saturated carbocycles. The van der Waals surface area contributed by atoms with Crippen LogP contribution < -0.4 is 0 Å². The van der Waals surface area contributed by atoms with Crippen LogP contribution in [-0.4, -0.2) is 84.4 Å². The first kappa shape index (κ1) is 38.7. The first-order valence-electron chi connectivity index (χ1n) is 8.54. The summed E-state index contributed by atoms with van der Waals surface area (Å²) < 4.78 is 332. The van der Waals surface area contributed by atoms with Crippen LogP contribution in [0.5, 0.6) is 0 Å². The average molecular weight is 678 g/mol. The molecule has 246 valence electrons. The molecule has 0 atom stereocenters. The van der Waals surface area contributed by atoms with E-state index in [4.69, 9.17) is 0 Å². The summed E-state index contributed by atoms with van der Waals surface area (Å²) in [5, 5.41) is 0. The first-order chi connectivity index (χ1) is 17.2. The van der Waals surface area contributed by atoms with E-state index < -0.39 is 84.4 Å². The molecule has 0 rings (SSSR count). The molecule has 41 heavy (non-hydrogen) atoms. The van der Waals surface area contributed by atoms with E-state index in [9.17, 15) is 115 Å². The Kier molecular flexibility index (Phi) is 8.84. The minimum absolute atomic E-state index is 0.438. The number of carbonyl (C=O) groups excluding carboxylic acids is 1. The van der Waals surface area contributed by atoms with Crippen molar-refractivity contribution in [2.75, 3.05) is 7.11 Å². The summed E-state index contributed by atoms with van der Waals surface area (Å²) in [6.07, 6.45) is -8.19. The minimum atomic E-state index is -9.65. The average Bonchev–Trinajstić information content (AvgIpc) is 2.75. The van der Waals surface area contributed by atoms with E-state index in [-0.39, 0.29) is 0 Å². The Morgan fingerprint density at radius 3 is 0.683 bits per heavy atom. The lowest BCUT2D eigenvalue weighted by atomic mass is 9.84. The molecule has 0 spiro atoms. The molecule has 0 aliphatic rings. The zero-order valence-electron chi connectivity index (χ0n) is 17.8. The Morgan fingerprint density at radius 2 is 0.512 bits per heavy atom. The van der Waals surface area contributed by atoms with Crippen LogP contribution in [0, 0.1) is 0 Å². The number of esters is 1. The summed E-state index contributed by atoms with van der Waals surface area (Å²) >= 11 is 0. The molecule has 0 unspecified atom stereocenters. The number of alkyl halides is 25. The third-order valence-corrected chi connectivity index (χ3v) is 4.74. The molecule has 0 saturated heterocycles. The van der Waals surface area contributed by atoms with Crippen LogP contribution in [0.3, 0.4) is 0 Å². The molecule has 0 aromatic carbocycles. The van der Waals surface area contributed by atoms with Crippen molar-refractivity contribution < 1.29 is 119 Å². The molecule has 0 aliphatic heterocycles. The van der Waals surface area contributed by atoms with Crippen LogP contribution in [0.15, 0.2) is 0 Å². The maximum absolute atomic E-state index is 13.6. The molecule has 0 bridgehead atoms. The molecule has 27 heteroatoms. The standard InChI is InChI=1S/C14H3F25O2/c1-41-2(40)3(15,16)4(17,18)5(19,20)6(21,22)7(23,24)8(25,26)9(27,28)10(29,30)11(31,32)12(33,34)13(35,36)14(37,38)39/h1H3. The SMILES string of the molecule is COC(=O)C(F)(F)C(F)(F)C(F)(F)C(F)(F)C(F)(F)C(F)(F)C(F)(F)C(F)(F)C(F)(F)C(F)(F)C(F)(F)C(F)(F)F. The van der Waals surface area contributed by atoms with Gasteiger partial charge in [0, 0.05) is 0 Å². The number of methoxy groups -OCH3 is 1. The molecule has 0 N–H and O–H groups in total. The zero-order chi connectivity index (χ0) is 34.3. The second kappa shape index (κ2) is 9.36. The maximum Gasteiger partial charge on any atom is 0.460 e. The van der Waals surface area contributed by atoms with Gasteiger partial charge in [-0.3, -0.25) is 0 Å². The highest BCUT2D eigenvalue weighted by atomic mass is 19.4. The largest absolute Gasteiger partial charge is 0.464 e. The van der Waals surface area contributed by atoms with Gasteiger partial charge in [-0.05, 0) is 0 Å². The van der Waals surface area contributed by atoms with E-state index in [2.05, 4.69) is 4.74 Å². The fourth-order valence-corrected chi connectivity index (χ4v) is 2.21. The molecule has 0 radical (unpaired) electrons. The molecule has 0 aromatic rings. The number of rotatable bonds is 11. The van der Waals surface area contributed by atoms with E-state index in [1.807, 2.05) is 0 Å². The predicted octanol–water partition coefficient (Wildman–Crippen LogP) is 7.71. The maximum atomic E-state index is 13.6. The second-order valence-electron chi connectivity index (χ2n) is 7.31. The van der Waals surface area contributed by atoms with Crippen molar-refractivity contribution in [2.45, 2.75) is 71.3 Å². The van der Waals surface area contributed by atoms with E-state index in [1.165, 1.54) is 0 Å². The van der Waals surface area contributed by atoms with E-state index in [1.54, 1.807) is 0 Å². The number of carbonyl (C=O) groups is 1. The number of halogens is 25. The first-order valence-corrected chi connectivity index (χ1v) is 8.54. The van der Waals surface area contributed by atoms with Gasteiger partial charge in [-0.15, -0.1) is 0 Å². The summed E-state index contributed by atoms with van der Waals surface area (Å²) in [5.41, 5.74) is 0. The molecule has 0 aliphatic carbocycles. The third-order valence-electron chi connectivity index (χ3n) is 4.74. The summed E-state index contributed by atoms with van der Waals surface area (Å²) in [7, 11) is -0.438. The molecular weight excluding hydrogens is 675 g/mol. The molecular formula is C14H3F25O2. The monoisotopic (exact) mass is 678 g/mol. The minimum Gasteiger partial charge on any atom is -0.464 e. The van der Waals surface area contributed by atoms with Crippen molar-refractivity contribution in [3.63, 3.8) is 0 Å². The van der Waals surface area contributed by atoms with Gasteiger partial charge >= 0.3 is 77.3 Å². The van der Waals surface area contributed by atoms with Gasteiger partial charge in [0.1, 0.15) is 0 Å². The molecule has 0 amide bonds. The molecule has 0 heterocycles. The van der Waals surface area contributed by atoms with Gasteiger partial charge in [-0.1, -0.05) is 0 Å². The molecule has 2 nitrogen and oxygen atoms in total. The highest BCUT2D eigenvalue weighted by Crippen LogP contribution is 2.67. The van der Waals surface area contributed by atoms with Gasteiger partial charge in [-0.2, -0.15) is 110 Å². The smallest absolute Gasteiger partial charge is 0.460 e. The number of hydrogen-bond acceptors (Lipinski definition) is 2. The van der Waals surface area contributed by atoms with Gasteiger partial charge < -0.3 is 4.74 Å². The van der Waals surface area contributed by atoms with Crippen LogP contribution >= 0.6 is 0 Å². The normalized spacial score (nSPS) is 16.6. The van der Waals surface area contributed by atoms with E-state index in [0.29, 0.717) is 0 Å². The lowest BCUT2D eigenvalue weighted by Crippen LogP contribution is -2.78. The predicted molar refractivity (Wildman–Crippen MR) is 72.5 cm³/mol. The Labute approximate surface area is 205 Å². The summed E-state index contributed by atoms with van der Waals surface area (Å²) in [6, 6.07) is 0. The number of hydrogen-bond donors (Lipinski definition) is 0. The van der Waals surface area contributed by atoms with Gasteiger partial charge in [0.2, 0.25) is 0 Å². The summed E-state index contributed by atoms with van der Waals surface area (Å²) in [5.74, 6) is -104. The topological polar surface area (TPSA) is 26.3 Å². The summed E-state index contributed by atoms with van der Waals surface area (Å²) in [6.45, 7) is 0. The van der Waals surface area contributed by atoms with Crippen LogP contribution in [0.1, 0.15) is 0 Å². The molecule has 0 fully saturated rings. The fraction of sp³-hybridized carbons (Fsp3) is 0.929. The third kappa shape index (κ3) is 4.39. The number of ether oxygens (including phenoxy) is 1. The van der Waals surface area contributed by atoms with Crippen molar-refractivity contribution in [2.24, 2.45) is 0 Å². The van der Waals surface area contributed by atoms with Gasteiger partial charge in [0.15, 0.2) is 0 Å². The van der Waals surface area contributed by atoms with Crippen molar-refractivity contribution >= 4 is 5.97 Å².